The minimum atomic E-state index is -1.56. The predicted molar refractivity (Wildman–Crippen MR) is 329 cm³/mol. The molecule has 0 bridgehead atoms. The summed E-state index contributed by atoms with van der Waals surface area (Å²) in [5, 5.41) is 68.4. The van der Waals surface area contributed by atoms with Gasteiger partial charge in [-0.05, 0) is 121 Å². The summed E-state index contributed by atoms with van der Waals surface area (Å²) < 4.78 is 0. The molecule has 486 valence electrons. The summed E-state index contributed by atoms with van der Waals surface area (Å²) in [5.74, 6) is -10.7. The van der Waals surface area contributed by atoms with Gasteiger partial charge >= 0.3 is 5.97 Å². The second kappa shape index (κ2) is 33.9. The Morgan fingerprint density at radius 2 is 0.889 bits per heavy atom. The summed E-state index contributed by atoms with van der Waals surface area (Å²) >= 11 is 0. The highest BCUT2D eigenvalue weighted by Gasteiger charge is 2.41. The number of nitrogens with two attached hydrogens (primary N) is 4. The zero-order chi connectivity index (χ0) is 66.4. The van der Waals surface area contributed by atoms with Crippen LogP contribution in [0.15, 0.2) is 102 Å². The highest BCUT2D eigenvalue weighted by molar-refractivity contribution is 5.99. The standard InChI is InChI=1S/C62H83N13O15/c1-33(2)51(73-58(86)49-8-6-28-75(49)60(88)45(25-26-50(64)80)69-53(81)43(63)29-35-9-17-39(76)18-10-35)59(87)68-44(7-5-27-67-62(65)66)54(82)70-46(30-36-11-19-40(77)20-12-36)55(83)71-47(31-37-13-21-41(78)22-14-37)56(84)72-48(32-38-15-23-42(79)24-16-38)57(85)74-52(34(3)4)61(89)90/h9-24,33-34,43-49,51-52,76-79H,5-8,25-32,63H2,1-4H3,(H2,64,80)(H,68,87)(H,69,81)(H,70,82)(H,71,83)(H,72,84)(H,73,86)(H,74,85)(H,89,90)(H4,65,66,67)/t43-,44-,45-,46-,47-,48-,49-,51-,52-/m0/s1. The van der Waals surface area contributed by atoms with Gasteiger partial charge in [0.15, 0.2) is 5.96 Å². The topological polar surface area (TPSA) is 476 Å². The Morgan fingerprint density at radius 1 is 0.500 bits per heavy atom. The van der Waals surface area contributed by atoms with Gasteiger partial charge in [-0.2, -0.15) is 0 Å². The van der Waals surface area contributed by atoms with Crippen LogP contribution in [0.3, 0.4) is 0 Å². The summed E-state index contributed by atoms with van der Waals surface area (Å²) in [4.78, 5) is 144. The maximum atomic E-state index is 14.9. The number of nitrogens with zero attached hydrogens (tertiary/aromatic N) is 2. The van der Waals surface area contributed by atoms with Crippen LogP contribution in [0.1, 0.15) is 88.5 Å². The number of hydrogen-bond acceptors (Lipinski definition) is 16. The van der Waals surface area contributed by atoms with E-state index in [-0.39, 0.29) is 99.8 Å². The highest BCUT2D eigenvalue weighted by Crippen LogP contribution is 2.22. The first kappa shape index (κ1) is 70.8. The molecule has 0 saturated carbocycles. The number of phenols is 4. The van der Waals surface area contributed by atoms with Gasteiger partial charge in [-0.15, -0.1) is 0 Å². The van der Waals surface area contributed by atoms with Crippen LogP contribution in [-0.2, 0) is 73.6 Å². The number of amides is 9. The summed E-state index contributed by atoms with van der Waals surface area (Å²) in [6, 6.07) is 10.5. The van der Waals surface area contributed by atoms with Gasteiger partial charge in [0.05, 0.1) is 6.04 Å². The number of aliphatic imine (C=N–C) groups is 1. The van der Waals surface area contributed by atoms with Crippen molar-refractivity contribution in [1.82, 2.24) is 42.1 Å². The SMILES string of the molecule is CC(C)[C@H](NC(=O)[C@H](Cc1ccc(O)cc1)NC(=O)[C@H](Cc1ccc(O)cc1)NC(=O)[C@H](Cc1ccc(O)cc1)NC(=O)[C@H](CCCN=C(N)N)NC(=O)[C@@H](NC(=O)[C@@H]1CCCN1C(=O)[C@H](CCC(N)=O)NC(=O)[C@@H](N)Cc1ccc(O)cc1)C(C)C)C(=O)O. The number of carboxylic acid groups (broad SMARTS) is 1. The lowest BCUT2D eigenvalue weighted by Crippen LogP contribution is -2.61. The maximum Gasteiger partial charge on any atom is 0.326 e. The first-order valence-electron chi connectivity index (χ1n) is 29.5. The molecule has 28 nitrogen and oxygen atoms in total. The van der Waals surface area contributed by atoms with Gasteiger partial charge in [-0.25, -0.2) is 4.79 Å². The van der Waals surface area contributed by atoms with Crippen LogP contribution < -0.4 is 60.2 Å². The molecule has 90 heavy (non-hydrogen) atoms. The molecule has 0 spiro atoms. The number of aromatic hydroxyl groups is 4. The van der Waals surface area contributed by atoms with Gasteiger partial charge in [0.25, 0.3) is 0 Å². The van der Waals surface area contributed by atoms with E-state index < -0.39 is 125 Å². The molecule has 1 heterocycles. The number of nitrogens with one attached hydrogen (secondary N) is 7. The third-order valence-electron chi connectivity index (χ3n) is 14.9. The number of hydrogen-bond donors (Lipinski definition) is 16. The number of benzene rings is 4. The molecule has 28 heteroatoms. The number of phenolic OH excluding ortho intramolecular Hbond substituents is 4. The maximum absolute atomic E-state index is 14.9. The van der Waals surface area contributed by atoms with Crippen LogP contribution in [0.4, 0.5) is 0 Å². The van der Waals surface area contributed by atoms with E-state index >= 15 is 0 Å². The second-order valence-electron chi connectivity index (χ2n) is 22.8. The fourth-order valence-electron chi connectivity index (χ4n) is 9.94. The van der Waals surface area contributed by atoms with E-state index in [0.717, 1.165) is 0 Å². The van der Waals surface area contributed by atoms with Gasteiger partial charge in [0.1, 0.15) is 71.3 Å². The van der Waals surface area contributed by atoms with Crippen molar-refractivity contribution in [2.75, 3.05) is 13.1 Å². The Bertz CT molecular complexity index is 3160. The van der Waals surface area contributed by atoms with E-state index in [1.54, 1.807) is 39.8 Å². The number of primary amides is 1. The van der Waals surface area contributed by atoms with Crippen molar-refractivity contribution in [3.63, 3.8) is 0 Å². The van der Waals surface area contributed by atoms with Crippen molar-refractivity contribution in [2.24, 2.45) is 39.8 Å². The summed E-state index contributed by atoms with van der Waals surface area (Å²) in [6.07, 6.45) is -0.859. The molecule has 9 atom stereocenters. The first-order valence-corrected chi connectivity index (χ1v) is 29.5. The second-order valence-corrected chi connectivity index (χ2v) is 22.8. The summed E-state index contributed by atoms with van der Waals surface area (Å²) in [7, 11) is 0. The number of carbonyl (C=O) groups excluding carboxylic acids is 9. The van der Waals surface area contributed by atoms with Crippen molar-refractivity contribution >= 4 is 65.1 Å². The van der Waals surface area contributed by atoms with Crippen molar-refractivity contribution in [2.45, 2.75) is 146 Å². The Labute approximate surface area is 520 Å². The predicted octanol–water partition coefficient (Wildman–Crippen LogP) is -0.793. The smallest absolute Gasteiger partial charge is 0.326 e. The Morgan fingerprint density at radius 3 is 1.29 bits per heavy atom. The fraction of sp³-hybridized carbons (Fsp3) is 0.435. The van der Waals surface area contributed by atoms with E-state index in [0.29, 0.717) is 28.7 Å². The monoisotopic (exact) mass is 1250 g/mol. The Kier molecular flexibility index (Phi) is 26.7. The first-order chi connectivity index (χ1) is 42.6. The van der Waals surface area contributed by atoms with E-state index in [4.69, 9.17) is 22.9 Å². The summed E-state index contributed by atoms with van der Waals surface area (Å²) in [5.41, 5.74) is 24.7. The molecule has 0 aliphatic carbocycles. The van der Waals surface area contributed by atoms with Crippen LogP contribution in [0.25, 0.3) is 0 Å². The minimum absolute atomic E-state index is 0.00361. The lowest BCUT2D eigenvalue weighted by molar-refractivity contribution is -0.143. The van der Waals surface area contributed by atoms with Crippen LogP contribution in [0.2, 0.25) is 0 Å². The van der Waals surface area contributed by atoms with Crippen molar-refractivity contribution in [3.8, 4) is 23.0 Å². The van der Waals surface area contributed by atoms with E-state index in [2.05, 4.69) is 42.2 Å². The largest absolute Gasteiger partial charge is 0.508 e. The average Bonchev–Trinajstić information content (AvgIpc) is 2.05. The number of carbonyl (C=O) groups is 10. The molecular formula is C62H83N13O15. The van der Waals surface area contributed by atoms with Gasteiger partial charge in [0, 0.05) is 38.8 Å². The van der Waals surface area contributed by atoms with Crippen LogP contribution >= 0.6 is 0 Å². The number of rotatable bonds is 33. The van der Waals surface area contributed by atoms with Gasteiger partial charge < -0.3 is 90.6 Å². The molecule has 9 amide bonds. The van der Waals surface area contributed by atoms with Crippen molar-refractivity contribution in [3.05, 3.63) is 119 Å². The molecule has 4 aromatic carbocycles. The summed E-state index contributed by atoms with van der Waals surface area (Å²) in [6.45, 7) is 6.44. The molecular weight excluding hydrogens is 1170 g/mol. The molecule has 0 unspecified atom stereocenters. The van der Waals surface area contributed by atoms with Crippen LogP contribution in [0, 0.1) is 11.8 Å². The zero-order valence-electron chi connectivity index (χ0n) is 50.6. The molecule has 5 rings (SSSR count). The van der Waals surface area contributed by atoms with Crippen LogP contribution in [0.5, 0.6) is 23.0 Å². The molecule has 1 saturated heterocycles. The van der Waals surface area contributed by atoms with Crippen LogP contribution in [-0.4, -0.2) is 163 Å². The van der Waals surface area contributed by atoms with E-state index in [1.807, 2.05) is 0 Å². The fourth-order valence-corrected chi connectivity index (χ4v) is 9.94. The Hall–Kier alpha value is -9.99. The molecule has 1 aliphatic rings. The van der Waals surface area contributed by atoms with Crippen molar-refractivity contribution in [1.29, 1.82) is 0 Å². The van der Waals surface area contributed by atoms with E-state index in [9.17, 15) is 73.5 Å². The third-order valence-corrected chi connectivity index (χ3v) is 14.9. The highest BCUT2D eigenvalue weighted by atomic mass is 16.4. The van der Waals surface area contributed by atoms with Gasteiger partial charge in [-0.1, -0.05) is 76.2 Å². The minimum Gasteiger partial charge on any atom is -0.508 e. The normalized spacial score (nSPS) is 15.5. The van der Waals surface area contributed by atoms with Crippen molar-refractivity contribution < 1.29 is 73.5 Å². The molecule has 1 fully saturated rings. The molecule has 20 N–H and O–H groups in total. The third kappa shape index (κ3) is 22.3. The lowest BCUT2D eigenvalue weighted by atomic mass is 9.99. The lowest BCUT2D eigenvalue weighted by Gasteiger charge is -2.31. The molecule has 0 aromatic heterocycles. The number of likely N-dealkylation sites (tertiary alicyclic amines) is 1. The molecule has 0 radical (unpaired) electrons. The van der Waals surface area contributed by atoms with Gasteiger partial charge in [-0.3, -0.25) is 48.1 Å². The molecule has 1 aliphatic heterocycles. The number of carboxylic acids is 1. The number of guanidine groups is 1. The Balaban J connectivity index is 1.42. The van der Waals surface area contributed by atoms with Gasteiger partial charge in [0.2, 0.25) is 53.2 Å². The van der Waals surface area contributed by atoms with E-state index in [1.165, 1.54) is 89.8 Å². The zero-order valence-corrected chi connectivity index (χ0v) is 50.6. The average molecular weight is 1250 g/mol. The quantitative estimate of drug-likeness (QED) is 0.0158. The molecule has 4 aromatic rings. The number of aliphatic carboxylic acids is 1.